The van der Waals surface area contributed by atoms with Gasteiger partial charge in [-0.05, 0) is 18.2 Å². The number of ether oxygens (including phenoxy) is 1. The lowest BCUT2D eigenvalue weighted by atomic mass is 10.2. The summed E-state index contributed by atoms with van der Waals surface area (Å²) in [5, 5.41) is 18.7. The van der Waals surface area contributed by atoms with Crippen LogP contribution in [0.15, 0.2) is 18.2 Å². The standard InChI is InChI=1S/C12H17NO4/c1-13(2,3)6-7-17-12(16)10-8-9(14)4-5-11(10)15/h4-5,8H,6-7H2,1-3H3,(H-,14,15,16)/p+1. The van der Waals surface area contributed by atoms with Crippen molar-refractivity contribution in [2.45, 2.75) is 0 Å². The Morgan fingerprint density at radius 2 is 1.94 bits per heavy atom. The zero-order valence-electron chi connectivity index (χ0n) is 10.3. The van der Waals surface area contributed by atoms with Crippen LogP contribution in [-0.4, -0.2) is 55.0 Å². The van der Waals surface area contributed by atoms with Gasteiger partial charge in [-0.1, -0.05) is 0 Å². The van der Waals surface area contributed by atoms with E-state index in [9.17, 15) is 15.0 Å². The minimum Gasteiger partial charge on any atom is -0.508 e. The second kappa shape index (κ2) is 5.05. The van der Waals surface area contributed by atoms with E-state index in [1.54, 1.807) is 0 Å². The number of hydrogen-bond acceptors (Lipinski definition) is 4. The van der Waals surface area contributed by atoms with Gasteiger partial charge in [0.25, 0.3) is 0 Å². The van der Waals surface area contributed by atoms with E-state index in [0.717, 1.165) is 0 Å². The number of rotatable bonds is 4. The molecule has 2 N–H and O–H groups in total. The van der Waals surface area contributed by atoms with Crippen molar-refractivity contribution < 1.29 is 24.2 Å². The largest absolute Gasteiger partial charge is 0.508 e. The van der Waals surface area contributed by atoms with Gasteiger partial charge in [0.1, 0.15) is 30.2 Å². The van der Waals surface area contributed by atoms with Crippen LogP contribution in [0.1, 0.15) is 10.4 Å². The number of likely N-dealkylation sites (N-methyl/N-ethyl adjacent to an activating group) is 1. The molecule has 1 aromatic carbocycles. The SMILES string of the molecule is C[N+](C)(C)CCOC(=O)c1cc(O)ccc1O. The second-order valence-electron chi connectivity index (χ2n) is 4.85. The zero-order chi connectivity index (χ0) is 13.1. The third-order valence-electron chi connectivity index (χ3n) is 2.20. The van der Waals surface area contributed by atoms with Crippen LogP contribution in [0.2, 0.25) is 0 Å². The second-order valence-corrected chi connectivity index (χ2v) is 4.85. The molecule has 0 spiro atoms. The van der Waals surface area contributed by atoms with Crippen LogP contribution in [0, 0.1) is 0 Å². The molecule has 0 aliphatic heterocycles. The highest BCUT2D eigenvalue weighted by Crippen LogP contribution is 2.22. The van der Waals surface area contributed by atoms with E-state index >= 15 is 0 Å². The summed E-state index contributed by atoms with van der Waals surface area (Å²) in [5.41, 5.74) is -0.0218. The van der Waals surface area contributed by atoms with E-state index in [0.29, 0.717) is 11.0 Å². The molecule has 17 heavy (non-hydrogen) atoms. The Kier molecular flexibility index (Phi) is 3.96. The first-order valence-corrected chi connectivity index (χ1v) is 5.29. The van der Waals surface area contributed by atoms with Crippen molar-refractivity contribution in [2.24, 2.45) is 0 Å². The third-order valence-corrected chi connectivity index (χ3v) is 2.20. The van der Waals surface area contributed by atoms with Crippen molar-refractivity contribution in [1.82, 2.24) is 0 Å². The fraction of sp³-hybridized carbons (Fsp3) is 0.417. The van der Waals surface area contributed by atoms with Gasteiger partial charge in [0.15, 0.2) is 0 Å². The highest BCUT2D eigenvalue weighted by atomic mass is 16.5. The van der Waals surface area contributed by atoms with E-state index in [4.69, 9.17) is 4.74 Å². The Balaban J connectivity index is 2.61. The van der Waals surface area contributed by atoms with Gasteiger partial charge < -0.3 is 19.4 Å². The first kappa shape index (κ1) is 13.3. The molecule has 0 amide bonds. The van der Waals surface area contributed by atoms with Crippen LogP contribution < -0.4 is 0 Å². The van der Waals surface area contributed by atoms with Crippen LogP contribution in [0.25, 0.3) is 0 Å². The summed E-state index contributed by atoms with van der Waals surface area (Å²) in [6, 6.07) is 3.74. The van der Waals surface area contributed by atoms with E-state index in [1.807, 2.05) is 21.1 Å². The highest BCUT2D eigenvalue weighted by molar-refractivity contribution is 5.92. The molecule has 0 bridgehead atoms. The average molecular weight is 240 g/mol. The number of carbonyl (C=O) groups excluding carboxylic acids is 1. The van der Waals surface area contributed by atoms with Crippen LogP contribution in [0.5, 0.6) is 11.5 Å². The predicted octanol–water partition coefficient (Wildman–Crippen LogP) is 0.961. The number of hydrogen-bond donors (Lipinski definition) is 2. The van der Waals surface area contributed by atoms with Gasteiger partial charge in [0.2, 0.25) is 0 Å². The molecular formula is C12H18NO4+. The zero-order valence-corrected chi connectivity index (χ0v) is 10.3. The topological polar surface area (TPSA) is 66.8 Å². The van der Waals surface area contributed by atoms with Crippen LogP contribution in [-0.2, 0) is 4.74 Å². The van der Waals surface area contributed by atoms with Crippen molar-refractivity contribution in [1.29, 1.82) is 0 Å². The number of carbonyl (C=O) groups is 1. The van der Waals surface area contributed by atoms with Gasteiger partial charge in [0, 0.05) is 0 Å². The number of esters is 1. The van der Waals surface area contributed by atoms with E-state index in [1.165, 1.54) is 18.2 Å². The summed E-state index contributed by atoms with van der Waals surface area (Å²) in [6.07, 6.45) is 0. The number of phenolic OH excluding ortho intramolecular Hbond substituents is 2. The molecule has 0 fully saturated rings. The summed E-state index contributed by atoms with van der Waals surface area (Å²) in [7, 11) is 5.96. The first-order valence-electron chi connectivity index (χ1n) is 5.29. The van der Waals surface area contributed by atoms with E-state index in [-0.39, 0.29) is 23.7 Å². The van der Waals surface area contributed by atoms with E-state index < -0.39 is 5.97 Å². The highest BCUT2D eigenvalue weighted by Gasteiger charge is 2.15. The van der Waals surface area contributed by atoms with Crippen LogP contribution >= 0.6 is 0 Å². The lowest BCUT2D eigenvalue weighted by Gasteiger charge is -2.23. The van der Waals surface area contributed by atoms with Crippen molar-refractivity contribution in [3.8, 4) is 11.5 Å². The van der Waals surface area contributed by atoms with Gasteiger partial charge in [0.05, 0.1) is 21.1 Å². The number of aromatic hydroxyl groups is 2. The fourth-order valence-corrected chi connectivity index (χ4v) is 1.18. The quantitative estimate of drug-likeness (QED) is 0.467. The van der Waals surface area contributed by atoms with Gasteiger partial charge in [-0.3, -0.25) is 0 Å². The maximum atomic E-state index is 11.6. The van der Waals surface area contributed by atoms with Crippen LogP contribution in [0.4, 0.5) is 0 Å². The summed E-state index contributed by atoms with van der Waals surface area (Å²) in [4.78, 5) is 11.6. The molecule has 0 saturated heterocycles. The summed E-state index contributed by atoms with van der Waals surface area (Å²) in [5.74, 6) is -0.911. The molecule has 5 nitrogen and oxygen atoms in total. The number of quaternary nitrogens is 1. The lowest BCUT2D eigenvalue weighted by molar-refractivity contribution is -0.870. The van der Waals surface area contributed by atoms with Gasteiger partial charge in [-0.25, -0.2) is 4.79 Å². The maximum absolute atomic E-state index is 11.6. The van der Waals surface area contributed by atoms with Crippen LogP contribution in [0.3, 0.4) is 0 Å². The minimum absolute atomic E-state index is 0.0218. The van der Waals surface area contributed by atoms with Gasteiger partial charge >= 0.3 is 5.97 Å². The molecule has 5 heteroatoms. The first-order chi connectivity index (χ1) is 7.79. The van der Waals surface area contributed by atoms with Crippen molar-refractivity contribution >= 4 is 5.97 Å². The smallest absolute Gasteiger partial charge is 0.342 e. The van der Waals surface area contributed by atoms with Gasteiger partial charge in [-0.15, -0.1) is 0 Å². The molecule has 0 aromatic heterocycles. The molecular weight excluding hydrogens is 222 g/mol. The Morgan fingerprint density at radius 1 is 1.29 bits per heavy atom. The van der Waals surface area contributed by atoms with Gasteiger partial charge in [-0.2, -0.15) is 0 Å². The summed E-state index contributed by atoms with van der Waals surface area (Å²) >= 11 is 0. The molecule has 0 saturated carbocycles. The van der Waals surface area contributed by atoms with E-state index in [2.05, 4.69) is 0 Å². The molecule has 0 atom stereocenters. The van der Waals surface area contributed by atoms with Crippen molar-refractivity contribution in [3.05, 3.63) is 23.8 Å². The summed E-state index contributed by atoms with van der Waals surface area (Å²) in [6.45, 7) is 0.933. The maximum Gasteiger partial charge on any atom is 0.342 e. The molecule has 0 heterocycles. The van der Waals surface area contributed by atoms with Crippen molar-refractivity contribution in [3.63, 3.8) is 0 Å². The molecule has 0 aliphatic carbocycles. The number of nitrogens with zero attached hydrogens (tertiary/aromatic N) is 1. The Labute approximate surface area is 100 Å². The molecule has 0 radical (unpaired) electrons. The fourth-order valence-electron chi connectivity index (χ4n) is 1.18. The monoisotopic (exact) mass is 240 g/mol. The predicted molar refractivity (Wildman–Crippen MR) is 63.0 cm³/mol. The molecule has 0 unspecified atom stereocenters. The lowest BCUT2D eigenvalue weighted by Crippen LogP contribution is -2.38. The normalized spacial score (nSPS) is 11.2. The van der Waals surface area contributed by atoms with Crippen molar-refractivity contribution in [2.75, 3.05) is 34.3 Å². The molecule has 94 valence electrons. The average Bonchev–Trinajstić information content (AvgIpc) is 2.19. The minimum atomic E-state index is -0.633. The molecule has 1 aromatic rings. The third kappa shape index (κ3) is 4.32. The Bertz CT molecular complexity index is 409. The summed E-state index contributed by atoms with van der Waals surface area (Å²) < 4.78 is 5.69. The molecule has 0 aliphatic rings. The Morgan fingerprint density at radius 3 is 2.53 bits per heavy atom. The number of phenols is 2. The number of benzene rings is 1. The Hall–Kier alpha value is -1.75. The molecule has 1 rings (SSSR count).